The molecule has 31 heavy (non-hydrogen) atoms. The lowest BCUT2D eigenvalue weighted by molar-refractivity contribution is -0.0139. The number of nitrogens with zero attached hydrogens (tertiary/aromatic N) is 3. The van der Waals surface area contributed by atoms with Crippen molar-refractivity contribution in [1.29, 1.82) is 0 Å². The fraction of sp³-hybridized carbons (Fsp3) is 0.708. The van der Waals surface area contributed by atoms with E-state index in [9.17, 15) is 0 Å². The van der Waals surface area contributed by atoms with Gasteiger partial charge in [-0.3, -0.25) is 9.89 Å². The van der Waals surface area contributed by atoms with Crippen LogP contribution in [0.1, 0.15) is 44.6 Å². The molecule has 3 aliphatic heterocycles. The minimum absolute atomic E-state index is 0. The minimum atomic E-state index is 0. The number of guanidine groups is 1. The van der Waals surface area contributed by atoms with E-state index < -0.39 is 0 Å². The molecule has 3 heterocycles. The van der Waals surface area contributed by atoms with Crippen LogP contribution >= 0.6 is 24.0 Å². The van der Waals surface area contributed by atoms with Gasteiger partial charge in [-0.1, -0.05) is 17.7 Å². The molecule has 1 aromatic rings. The normalized spacial score (nSPS) is 24.1. The molecule has 1 unspecified atom stereocenters. The van der Waals surface area contributed by atoms with Crippen LogP contribution in [0.5, 0.6) is 0 Å². The standard InChI is InChI=1S/C24H39N5O.HI/c1-3-25-23(26-19-24(11-16-30-17-12-24)29-13-4-5-14-29)27-21-10-15-28(18-21)22-8-6-20(2)7-9-22;/h6-9,21H,3-5,10-19H2,1-2H3,(H2,25,26,27);1H. The van der Waals surface area contributed by atoms with Gasteiger partial charge in [0.05, 0.1) is 6.54 Å². The van der Waals surface area contributed by atoms with Gasteiger partial charge >= 0.3 is 0 Å². The molecule has 0 bridgehead atoms. The first-order valence-electron chi connectivity index (χ1n) is 11.9. The zero-order chi connectivity index (χ0) is 20.8. The SMILES string of the molecule is CCNC(=NCC1(N2CCCC2)CCOCC1)NC1CCN(c2ccc(C)cc2)C1.I. The molecule has 0 radical (unpaired) electrons. The van der Waals surface area contributed by atoms with Crippen LogP contribution in [-0.4, -0.2) is 74.9 Å². The van der Waals surface area contributed by atoms with Crippen LogP contribution in [0.15, 0.2) is 29.3 Å². The summed E-state index contributed by atoms with van der Waals surface area (Å²) in [5, 5.41) is 7.21. The second-order valence-corrected chi connectivity index (χ2v) is 9.14. The quantitative estimate of drug-likeness (QED) is 0.329. The molecule has 0 saturated carbocycles. The van der Waals surface area contributed by atoms with Gasteiger partial charge in [0, 0.05) is 50.1 Å². The van der Waals surface area contributed by atoms with Gasteiger partial charge < -0.3 is 20.3 Å². The Bertz CT molecular complexity index is 698. The van der Waals surface area contributed by atoms with Gasteiger partial charge in [0.15, 0.2) is 5.96 Å². The van der Waals surface area contributed by atoms with E-state index in [1.54, 1.807) is 0 Å². The van der Waals surface area contributed by atoms with Crippen LogP contribution < -0.4 is 15.5 Å². The minimum Gasteiger partial charge on any atom is -0.381 e. The van der Waals surface area contributed by atoms with Crippen molar-refractivity contribution in [2.75, 3.05) is 57.4 Å². The molecule has 7 heteroatoms. The van der Waals surface area contributed by atoms with Crippen LogP contribution in [0.2, 0.25) is 0 Å². The summed E-state index contributed by atoms with van der Waals surface area (Å²) in [6, 6.07) is 9.31. The van der Waals surface area contributed by atoms with E-state index in [2.05, 4.69) is 58.5 Å². The molecule has 0 aromatic heterocycles. The summed E-state index contributed by atoms with van der Waals surface area (Å²) < 4.78 is 5.70. The van der Waals surface area contributed by atoms with Crippen molar-refractivity contribution in [3.05, 3.63) is 29.8 Å². The third-order valence-corrected chi connectivity index (χ3v) is 7.00. The van der Waals surface area contributed by atoms with E-state index in [0.29, 0.717) is 6.04 Å². The molecule has 0 aliphatic carbocycles. The highest BCUT2D eigenvalue weighted by atomic mass is 127. The Hall–Kier alpha value is -1.06. The van der Waals surface area contributed by atoms with Crippen LogP contribution in [0, 0.1) is 6.92 Å². The third-order valence-electron chi connectivity index (χ3n) is 7.00. The number of benzene rings is 1. The van der Waals surface area contributed by atoms with Crippen LogP contribution in [0.3, 0.4) is 0 Å². The van der Waals surface area contributed by atoms with Crippen molar-refractivity contribution in [1.82, 2.24) is 15.5 Å². The summed E-state index contributed by atoms with van der Waals surface area (Å²) in [6.45, 7) is 12.3. The largest absolute Gasteiger partial charge is 0.381 e. The lowest BCUT2D eigenvalue weighted by Crippen LogP contribution is -2.54. The molecule has 2 N–H and O–H groups in total. The maximum absolute atomic E-state index is 5.70. The number of hydrogen-bond donors (Lipinski definition) is 2. The van der Waals surface area contributed by atoms with E-state index in [1.807, 2.05) is 0 Å². The lowest BCUT2D eigenvalue weighted by atomic mass is 9.88. The molecular formula is C24H40IN5O. The van der Waals surface area contributed by atoms with E-state index in [-0.39, 0.29) is 29.5 Å². The van der Waals surface area contributed by atoms with E-state index in [4.69, 9.17) is 9.73 Å². The molecule has 3 aliphatic rings. The Kier molecular flexibility index (Phi) is 9.28. The van der Waals surface area contributed by atoms with Gasteiger partial charge in [0.2, 0.25) is 0 Å². The average molecular weight is 542 g/mol. The maximum Gasteiger partial charge on any atom is 0.191 e. The fourth-order valence-electron chi connectivity index (χ4n) is 5.12. The molecule has 3 saturated heterocycles. The van der Waals surface area contributed by atoms with Gasteiger partial charge in [0.25, 0.3) is 0 Å². The number of aryl methyl sites for hydroxylation is 1. The molecule has 3 fully saturated rings. The van der Waals surface area contributed by atoms with E-state index in [0.717, 1.165) is 64.6 Å². The summed E-state index contributed by atoms with van der Waals surface area (Å²) in [4.78, 5) is 10.3. The number of nitrogens with one attached hydrogen (secondary N) is 2. The van der Waals surface area contributed by atoms with Crippen molar-refractivity contribution in [3.8, 4) is 0 Å². The highest BCUT2D eigenvalue weighted by molar-refractivity contribution is 14.0. The van der Waals surface area contributed by atoms with Crippen molar-refractivity contribution in [2.45, 2.75) is 57.5 Å². The first-order chi connectivity index (χ1) is 14.7. The predicted octanol–water partition coefficient (Wildman–Crippen LogP) is 3.39. The molecule has 0 amide bonds. The number of anilines is 1. The maximum atomic E-state index is 5.70. The van der Waals surface area contributed by atoms with E-state index in [1.165, 1.54) is 37.2 Å². The van der Waals surface area contributed by atoms with Gasteiger partial charge in [-0.25, -0.2) is 0 Å². The molecule has 1 atom stereocenters. The molecule has 174 valence electrons. The first-order valence-corrected chi connectivity index (χ1v) is 11.9. The third kappa shape index (κ3) is 6.26. The number of aliphatic imine (C=N–C) groups is 1. The zero-order valence-corrected chi connectivity index (χ0v) is 21.6. The van der Waals surface area contributed by atoms with Crippen molar-refractivity contribution >= 4 is 35.6 Å². The average Bonchev–Trinajstić information content (AvgIpc) is 3.46. The first kappa shape index (κ1) is 24.6. The molecular weight excluding hydrogens is 501 g/mol. The highest BCUT2D eigenvalue weighted by Gasteiger charge is 2.39. The van der Waals surface area contributed by atoms with Crippen molar-refractivity contribution in [3.63, 3.8) is 0 Å². The Labute approximate surface area is 205 Å². The number of hydrogen-bond acceptors (Lipinski definition) is 4. The summed E-state index contributed by atoms with van der Waals surface area (Å²) in [5.74, 6) is 0.971. The van der Waals surface area contributed by atoms with Crippen LogP contribution in [0.4, 0.5) is 5.69 Å². The second kappa shape index (κ2) is 11.7. The Balaban J connectivity index is 0.00000272. The Morgan fingerprint density at radius 1 is 1.13 bits per heavy atom. The number of likely N-dealkylation sites (tertiary alicyclic amines) is 1. The Morgan fingerprint density at radius 3 is 2.52 bits per heavy atom. The smallest absolute Gasteiger partial charge is 0.191 e. The van der Waals surface area contributed by atoms with E-state index >= 15 is 0 Å². The molecule has 6 nitrogen and oxygen atoms in total. The van der Waals surface area contributed by atoms with Gasteiger partial charge in [0.1, 0.15) is 0 Å². The number of ether oxygens (including phenoxy) is 1. The summed E-state index contributed by atoms with van der Waals surface area (Å²) in [6.07, 6.45) is 5.98. The topological polar surface area (TPSA) is 52.1 Å². The highest BCUT2D eigenvalue weighted by Crippen LogP contribution is 2.31. The molecule has 0 spiro atoms. The number of rotatable bonds is 6. The molecule has 1 aromatic carbocycles. The van der Waals surface area contributed by atoms with Gasteiger partial charge in [-0.05, 0) is 71.2 Å². The second-order valence-electron chi connectivity index (χ2n) is 9.14. The lowest BCUT2D eigenvalue weighted by Gasteiger charge is -2.43. The van der Waals surface area contributed by atoms with Crippen LogP contribution in [-0.2, 0) is 4.74 Å². The summed E-state index contributed by atoms with van der Waals surface area (Å²) in [7, 11) is 0. The monoisotopic (exact) mass is 541 g/mol. The zero-order valence-electron chi connectivity index (χ0n) is 19.2. The van der Waals surface area contributed by atoms with Gasteiger partial charge in [-0.2, -0.15) is 0 Å². The summed E-state index contributed by atoms with van der Waals surface area (Å²) >= 11 is 0. The molecule has 4 rings (SSSR count). The van der Waals surface area contributed by atoms with Crippen LogP contribution in [0.25, 0.3) is 0 Å². The Morgan fingerprint density at radius 2 is 1.84 bits per heavy atom. The van der Waals surface area contributed by atoms with Crippen molar-refractivity contribution in [2.24, 2.45) is 4.99 Å². The summed E-state index contributed by atoms with van der Waals surface area (Å²) in [5.41, 5.74) is 2.82. The fourth-order valence-corrected chi connectivity index (χ4v) is 5.12. The number of halogens is 1. The predicted molar refractivity (Wildman–Crippen MR) is 140 cm³/mol. The van der Waals surface area contributed by atoms with Gasteiger partial charge in [-0.15, -0.1) is 24.0 Å². The van der Waals surface area contributed by atoms with Crippen molar-refractivity contribution < 1.29 is 4.74 Å².